The second-order valence-corrected chi connectivity index (χ2v) is 7.25. The molecule has 19 heavy (non-hydrogen) atoms. The van der Waals surface area contributed by atoms with Crippen molar-refractivity contribution in [2.75, 3.05) is 46.8 Å². The van der Waals surface area contributed by atoms with E-state index in [2.05, 4.69) is 11.8 Å². The van der Waals surface area contributed by atoms with Crippen LogP contribution in [0.4, 0.5) is 0 Å². The normalized spacial score (nSPS) is 19.5. The lowest BCUT2D eigenvalue weighted by Crippen LogP contribution is -2.49. The molecule has 1 rings (SSSR count). The molecule has 1 fully saturated rings. The summed E-state index contributed by atoms with van der Waals surface area (Å²) >= 11 is 0. The molecule has 0 saturated carbocycles. The molecular weight excluding hydrogens is 264 g/mol. The van der Waals surface area contributed by atoms with E-state index in [4.69, 9.17) is 5.73 Å². The molecule has 2 N–H and O–H groups in total. The van der Waals surface area contributed by atoms with Gasteiger partial charge in [-0.25, -0.2) is 0 Å². The minimum absolute atomic E-state index is 0.119. The van der Waals surface area contributed by atoms with E-state index >= 15 is 0 Å². The Balaban J connectivity index is 2.58. The molecule has 0 amide bonds. The van der Waals surface area contributed by atoms with E-state index in [-0.39, 0.29) is 6.04 Å². The molecule has 114 valence electrons. The van der Waals surface area contributed by atoms with Crippen LogP contribution < -0.4 is 5.73 Å². The average Bonchev–Trinajstić information content (AvgIpc) is 2.43. The highest BCUT2D eigenvalue weighted by Gasteiger charge is 2.31. The molecule has 0 aromatic carbocycles. The second kappa shape index (κ2) is 7.54. The molecule has 0 aromatic heterocycles. The summed E-state index contributed by atoms with van der Waals surface area (Å²) in [6, 6.07) is 0.119. The Morgan fingerprint density at radius 1 is 1.26 bits per heavy atom. The van der Waals surface area contributed by atoms with E-state index in [9.17, 15) is 8.42 Å². The molecule has 0 spiro atoms. The van der Waals surface area contributed by atoms with Crippen LogP contribution in [-0.4, -0.2) is 74.8 Å². The fourth-order valence-electron chi connectivity index (χ4n) is 2.44. The first-order valence-corrected chi connectivity index (χ1v) is 8.44. The van der Waals surface area contributed by atoms with Gasteiger partial charge in [-0.3, -0.25) is 0 Å². The molecule has 0 bridgehead atoms. The SMILES string of the molecule is CCN1CCC(N(C)S(=O)(=O)N(C)CCCN)CC1. The second-order valence-electron chi connectivity index (χ2n) is 5.15. The Morgan fingerprint density at radius 3 is 2.32 bits per heavy atom. The molecule has 0 aromatic rings. The van der Waals surface area contributed by atoms with Crippen molar-refractivity contribution in [1.29, 1.82) is 0 Å². The third kappa shape index (κ3) is 4.39. The highest BCUT2D eigenvalue weighted by Crippen LogP contribution is 2.19. The van der Waals surface area contributed by atoms with Gasteiger partial charge in [-0.05, 0) is 45.4 Å². The van der Waals surface area contributed by atoms with Gasteiger partial charge in [-0.1, -0.05) is 6.92 Å². The maximum Gasteiger partial charge on any atom is 0.281 e. The first-order valence-electron chi connectivity index (χ1n) is 7.05. The van der Waals surface area contributed by atoms with Crippen molar-refractivity contribution in [3.63, 3.8) is 0 Å². The molecule has 7 heteroatoms. The molecule has 1 aliphatic heterocycles. The van der Waals surface area contributed by atoms with E-state index in [1.807, 2.05) is 0 Å². The maximum atomic E-state index is 12.4. The van der Waals surface area contributed by atoms with Gasteiger partial charge < -0.3 is 10.6 Å². The number of hydrogen-bond acceptors (Lipinski definition) is 4. The minimum Gasteiger partial charge on any atom is -0.330 e. The van der Waals surface area contributed by atoms with Crippen LogP contribution in [0.2, 0.25) is 0 Å². The number of nitrogens with two attached hydrogens (primary N) is 1. The number of rotatable bonds is 7. The molecular formula is C12H28N4O2S. The molecule has 0 atom stereocenters. The van der Waals surface area contributed by atoms with E-state index in [0.717, 1.165) is 32.5 Å². The Labute approximate surface area is 117 Å². The molecule has 1 aliphatic rings. The van der Waals surface area contributed by atoms with Gasteiger partial charge in [0.2, 0.25) is 0 Å². The monoisotopic (exact) mass is 292 g/mol. The van der Waals surface area contributed by atoms with Crippen LogP contribution in [0.15, 0.2) is 0 Å². The third-order valence-corrected chi connectivity index (χ3v) is 5.95. The number of likely N-dealkylation sites (tertiary alicyclic amines) is 1. The van der Waals surface area contributed by atoms with Gasteiger partial charge in [-0.2, -0.15) is 17.0 Å². The van der Waals surface area contributed by atoms with Gasteiger partial charge in [0, 0.05) is 26.7 Å². The van der Waals surface area contributed by atoms with Gasteiger partial charge in [0.25, 0.3) is 10.2 Å². The van der Waals surface area contributed by atoms with Gasteiger partial charge >= 0.3 is 0 Å². The van der Waals surface area contributed by atoms with Gasteiger partial charge in [0.05, 0.1) is 0 Å². The molecule has 6 nitrogen and oxygen atoms in total. The summed E-state index contributed by atoms with van der Waals surface area (Å²) in [6.45, 7) is 6.14. The standard InChI is InChI=1S/C12H28N4O2S/c1-4-16-10-6-12(7-11-16)15(3)19(17,18)14(2)9-5-8-13/h12H,4-11,13H2,1-3H3. The zero-order chi connectivity index (χ0) is 14.5. The van der Waals surface area contributed by atoms with Crippen LogP contribution in [0.3, 0.4) is 0 Å². The Kier molecular flexibility index (Phi) is 6.68. The smallest absolute Gasteiger partial charge is 0.281 e. The Bertz CT molecular complexity index is 353. The summed E-state index contributed by atoms with van der Waals surface area (Å²) in [5, 5.41) is 0. The van der Waals surface area contributed by atoms with Crippen molar-refractivity contribution in [3.05, 3.63) is 0 Å². The fourth-order valence-corrected chi connectivity index (χ4v) is 3.82. The van der Waals surface area contributed by atoms with Crippen LogP contribution in [0, 0.1) is 0 Å². The zero-order valence-electron chi connectivity index (χ0n) is 12.4. The highest BCUT2D eigenvalue weighted by atomic mass is 32.2. The summed E-state index contributed by atoms with van der Waals surface area (Å²) in [4.78, 5) is 2.36. The lowest BCUT2D eigenvalue weighted by Gasteiger charge is -2.37. The van der Waals surface area contributed by atoms with Crippen LogP contribution >= 0.6 is 0 Å². The van der Waals surface area contributed by atoms with Crippen LogP contribution in [0.5, 0.6) is 0 Å². The summed E-state index contributed by atoms with van der Waals surface area (Å²) in [5.74, 6) is 0. The summed E-state index contributed by atoms with van der Waals surface area (Å²) < 4.78 is 27.7. The van der Waals surface area contributed by atoms with Crippen LogP contribution in [0.25, 0.3) is 0 Å². The van der Waals surface area contributed by atoms with E-state index in [1.165, 1.54) is 8.61 Å². The summed E-state index contributed by atoms with van der Waals surface area (Å²) in [6.07, 6.45) is 2.51. The number of hydrogen-bond donors (Lipinski definition) is 1. The summed E-state index contributed by atoms with van der Waals surface area (Å²) in [7, 11) is -0.0198. The summed E-state index contributed by atoms with van der Waals surface area (Å²) in [5.41, 5.74) is 5.43. The number of nitrogens with zero attached hydrogens (tertiary/aromatic N) is 3. The third-order valence-electron chi connectivity index (χ3n) is 3.95. The van der Waals surface area contributed by atoms with E-state index < -0.39 is 10.2 Å². The Morgan fingerprint density at radius 2 is 1.84 bits per heavy atom. The molecule has 1 saturated heterocycles. The number of piperidine rings is 1. The first kappa shape index (κ1) is 16.8. The van der Waals surface area contributed by atoms with E-state index in [0.29, 0.717) is 19.5 Å². The minimum atomic E-state index is -3.34. The van der Waals surface area contributed by atoms with E-state index in [1.54, 1.807) is 14.1 Å². The van der Waals surface area contributed by atoms with Gasteiger partial charge in [0.15, 0.2) is 0 Å². The van der Waals surface area contributed by atoms with Crippen molar-refractivity contribution >= 4 is 10.2 Å². The van der Waals surface area contributed by atoms with Crippen molar-refractivity contribution in [1.82, 2.24) is 13.5 Å². The molecule has 0 aliphatic carbocycles. The lowest BCUT2D eigenvalue weighted by molar-refractivity contribution is 0.172. The predicted octanol–water partition coefficient (Wildman–Crippen LogP) is -0.0721. The lowest BCUT2D eigenvalue weighted by atomic mass is 10.1. The molecule has 0 radical (unpaired) electrons. The van der Waals surface area contributed by atoms with Crippen molar-refractivity contribution in [2.45, 2.75) is 32.2 Å². The highest BCUT2D eigenvalue weighted by molar-refractivity contribution is 7.86. The topological polar surface area (TPSA) is 69.9 Å². The Hall–Kier alpha value is -0.210. The van der Waals surface area contributed by atoms with Gasteiger partial charge in [-0.15, -0.1) is 0 Å². The van der Waals surface area contributed by atoms with Crippen LogP contribution in [0.1, 0.15) is 26.2 Å². The largest absolute Gasteiger partial charge is 0.330 e. The average molecular weight is 292 g/mol. The van der Waals surface area contributed by atoms with Crippen molar-refractivity contribution in [2.24, 2.45) is 5.73 Å². The van der Waals surface area contributed by atoms with Crippen LogP contribution in [-0.2, 0) is 10.2 Å². The maximum absolute atomic E-state index is 12.4. The predicted molar refractivity (Wildman–Crippen MR) is 78.1 cm³/mol. The van der Waals surface area contributed by atoms with Crippen molar-refractivity contribution < 1.29 is 8.42 Å². The molecule has 1 heterocycles. The fraction of sp³-hybridized carbons (Fsp3) is 1.00. The molecule has 0 unspecified atom stereocenters. The zero-order valence-corrected chi connectivity index (χ0v) is 13.2. The van der Waals surface area contributed by atoms with Gasteiger partial charge in [0.1, 0.15) is 0 Å². The van der Waals surface area contributed by atoms with Crippen molar-refractivity contribution in [3.8, 4) is 0 Å². The first-order chi connectivity index (χ1) is 8.93. The quantitative estimate of drug-likeness (QED) is 0.713.